The van der Waals surface area contributed by atoms with Crippen molar-refractivity contribution in [3.63, 3.8) is 0 Å². The van der Waals surface area contributed by atoms with Crippen molar-refractivity contribution in [1.29, 1.82) is 0 Å². The lowest BCUT2D eigenvalue weighted by atomic mass is 9.90. The number of nitro groups is 1. The van der Waals surface area contributed by atoms with Crippen LogP contribution in [0.4, 0.5) is 17.1 Å². The summed E-state index contributed by atoms with van der Waals surface area (Å²) < 4.78 is 11.5. The van der Waals surface area contributed by atoms with Crippen molar-refractivity contribution < 1.29 is 28.8 Å². The van der Waals surface area contributed by atoms with Gasteiger partial charge in [0.25, 0.3) is 11.6 Å². The van der Waals surface area contributed by atoms with Crippen molar-refractivity contribution in [2.75, 3.05) is 23.7 Å². The van der Waals surface area contributed by atoms with Gasteiger partial charge in [-0.15, -0.1) is 0 Å². The SMILES string of the molecule is CCCCOc1ccc([C@@H]2[C@@H]3C(=O)N(c4ccc([N+](=O)[O-])cc4)C(=O)[C@H]3ON2c2ccccc2)cc1OC. The van der Waals surface area contributed by atoms with Crippen LogP contribution < -0.4 is 19.4 Å². The molecule has 3 atom stereocenters. The fourth-order valence-electron chi connectivity index (χ4n) is 4.84. The molecule has 0 aliphatic carbocycles. The van der Waals surface area contributed by atoms with E-state index in [1.165, 1.54) is 24.3 Å². The molecule has 2 aliphatic rings. The van der Waals surface area contributed by atoms with E-state index in [2.05, 4.69) is 6.92 Å². The monoisotopic (exact) mass is 517 g/mol. The van der Waals surface area contributed by atoms with Crippen LogP contribution in [0.15, 0.2) is 72.8 Å². The lowest BCUT2D eigenvalue weighted by Crippen LogP contribution is -2.37. The number of imide groups is 1. The number of amides is 2. The van der Waals surface area contributed by atoms with Crippen LogP contribution in [0.3, 0.4) is 0 Å². The molecule has 10 heteroatoms. The molecule has 0 saturated carbocycles. The Morgan fingerprint density at radius 3 is 2.34 bits per heavy atom. The lowest BCUT2D eigenvalue weighted by molar-refractivity contribution is -0.384. The molecule has 2 heterocycles. The highest BCUT2D eigenvalue weighted by Crippen LogP contribution is 2.48. The summed E-state index contributed by atoms with van der Waals surface area (Å²) in [4.78, 5) is 45.0. The summed E-state index contributed by atoms with van der Waals surface area (Å²) in [6.07, 6.45) is 0.840. The molecule has 38 heavy (non-hydrogen) atoms. The third kappa shape index (κ3) is 4.43. The van der Waals surface area contributed by atoms with Gasteiger partial charge in [0.1, 0.15) is 5.92 Å². The van der Waals surface area contributed by atoms with Crippen LogP contribution in [0.2, 0.25) is 0 Å². The van der Waals surface area contributed by atoms with E-state index in [1.807, 2.05) is 36.4 Å². The van der Waals surface area contributed by atoms with Gasteiger partial charge in [0.05, 0.1) is 36.1 Å². The maximum absolute atomic E-state index is 13.8. The Hall–Kier alpha value is -4.44. The average molecular weight is 518 g/mol. The summed E-state index contributed by atoms with van der Waals surface area (Å²) >= 11 is 0. The molecule has 5 rings (SSSR count). The molecule has 0 bridgehead atoms. The third-order valence-electron chi connectivity index (χ3n) is 6.73. The summed E-state index contributed by atoms with van der Waals surface area (Å²) in [6, 6.07) is 19.4. The Bertz CT molecular complexity index is 1350. The zero-order valence-corrected chi connectivity index (χ0v) is 21.0. The van der Waals surface area contributed by atoms with Crippen LogP contribution in [0.25, 0.3) is 0 Å². The van der Waals surface area contributed by atoms with Crippen LogP contribution >= 0.6 is 0 Å². The van der Waals surface area contributed by atoms with Crippen LogP contribution in [0, 0.1) is 16.0 Å². The van der Waals surface area contributed by atoms with Gasteiger partial charge >= 0.3 is 0 Å². The van der Waals surface area contributed by atoms with Crippen molar-refractivity contribution in [2.45, 2.75) is 31.9 Å². The van der Waals surface area contributed by atoms with Crippen molar-refractivity contribution in [1.82, 2.24) is 0 Å². The Morgan fingerprint density at radius 2 is 1.68 bits per heavy atom. The summed E-state index contributed by atoms with van der Waals surface area (Å²) in [5.41, 5.74) is 1.53. The van der Waals surface area contributed by atoms with Gasteiger partial charge in [-0.3, -0.25) is 24.5 Å². The van der Waals surface area contributed by atoms with E-state index in [9.17, 15) is 19.7 Å². The highest BCUT2D eigenvalue weighted by Gasteiger charge is 2.60. The molecular formula is C28H27N3O7. The number of hydrogen-bond acceptors (Lipinski definition) is 8. The number of hydroxylamine groups is 1. The second kappa shape index (κ2) is 10.5. The van der Waals surface area contributed by atoms with Gasteiger partial charge < -0.3 is 9.47 Å². The number of hydrogen-bond donors (Lipinski definition) is 0. The average Bonchev–Trinajstić information content (AvgIpc) is 3.45. The molecule has 0 spiro atoms. The Balaban J connectivity index is 1.53. The number of nitro benzene ring substituents is 1. The summed E-state index contributed by atoms with van der Waals surface area (Å²) in [5.74, 6) is -0.718. The van der Waals surface area contributed by atoms with Crippen molar-refractivity contribution in [2.24, 2.45) is 5.92 Å². The molecule has 0 unspecified atom stereocenters. The van der Waals surface area contributed by atoms with Gasteiger partial charge in [0, 0.05) is 12.1 Å². The lowest BCUT2D eigenvalue weighted by Gasteiger charge is -2.29. The number of methoxy groups -OCH3 is 1. The Morgan fingerprint density at radius 1 is 0.947 bits per heavy atom. The molecule has 196 valence electrons. The molecule has 10 nitrogen and oxygen atoms in total. The molecule has 2 saturated heterocycles. The van der Waals surface area contributed by atoms with E-state index in [0.29, 0.717) is 29.4 Å². The van der Waals surface area contributed by atoms with Gasteiger partial charge in [0.15, 0.2) is 17.6 Å². The number of benzene rings is 3. The van der Waals surface area contributed by atoms with Crippen LogP contribution in [-0.2, 0) is 14.4 Å². The van der Waals surface area contributed by atoms with E-state index in [0.717, 1.165) is 17.7 Å². The number of fused-ring (bicyclic) bond motifs is 1. The predicted molar refractivity (Wildman–Crippen MR) is 139 cm³/mol. The zero-order valence-electron chi connectivity index (χ0n) is 21.0. The molecule has 3 aromatic carbocycles. The molecule has 2 fully saturated rings. The van der Waals surface area contributed by atoms with Gasteiger partial charge in [-0.25, -0.2) is 9.96 Å². The van der Waals surface area contributed by atoms with Gasteiger partial charge in [-0.05, 0) is 48.4 Å². The number of nitrogens with zero attached hydrogens (tertiary/aromatic N) is 3. The third-order valence-corrected chi connectivity index (χ3v) is 6.73. The predicted octanol–water partition coefficient (Wildman–Crippen LogP) is 4.83. The number of para-hydroxylation sites is 1. The minimum atomic E-state index is -1.06. The van der Waals surface area contributed by atoms with Crippen LogP contribution in [-0.4, -0.2) is 36.6 Å². The van der Waals surface area contributed by atoms with E-state index in [-0.39, 0.29) is 11.4 Å². The first-order valence-corrected chi connectivity index (χ1v) is 12.4. The number of ether oxygens (including phenoxy) is 2. The van der Waals surface area contributed by atoms with Gasteiger partial charge in [0.2, 0.25) is 5.91 Å². The number of carbonyl (C=O) groups excluding carboxylic acids is 2. The standard InChI is InChI=1S/C28H27N3O7/c1-3-4-16-37-22-15-10-18(17-23(22)36-2)25-24-26(38-30(25)20-8-6-5-7-9-20)28(33)29(27(24)32)19-11-13-21(14-12-19)31(34)35/h5-15,17,24-26H,3-4,16H2,1-2H3/t24-,25+,26-/m0/s1. The number of anilines is 2. The first-order chi connectivity index (χ1) is 18.4. The minimum absolute atomic E-state index is 0.134. The van der Waals surface area contributed by atoms with Crippen LogP contribution in [0.5, 0.6) is 11.5 Å². The smallest absolute Gasteiger partial charge is 0.269 e. The number of unbranched alkanes of at least 4 members (excludes halogenated alkanes) is 1. The first kappa shape index (κ1) is 25.2. The van der Waals surface area contributed by atoms with E-state index >= 15 is 0 Å². The van der Waals surface area contributed by atoms with Gasteiger partial charge in [-0.2, -0.15) is 0 Å². The number of rotatable bonds is 9. The largest absolute Gasteiger partial charge is 0.493 e. The first-order valence-electron chi connectivity index (χ1n) is 12.4. The molecule has 3 aromatic rings. The molecule has 0 radical (unpaired) electrons. The molecule has 0 N–H and O–H groups in total. The van der Waals surface area contributed by atoms with E-state index in [4.69, 9.17) is 14.3 Å². The summed E-state index contributed by atoms with van der Waals surface area (Å²) in [5, 5.41) is 12.7. The maximum atomic E-state index is 13.8. The summed E-state index contributed by atoms with van der Waals surface area (Å²) in [6.45, 7) is 2.63. The summed E-state index contributed by atoms with van der Waals surface area (Å²) in [7, 11) is 1.55. The molecule has 0 aromatic heterocycles. The topological polar surface area (TPSA) is 111 Å². The maximum Gasteiger partial charge on any atom is 0.269 e. The highest BCUT2D eigenvalue weighted by atomic mass is 16.7. The van der Waals surface area contributed by atoms with E-state index < -0.39 is 34.8 Å². The minimum Gasteiger partial charge on any atom is -0.493 e. The van der Waals surface area contributed by atoms with Crippen molar-refractivity contribution >= 4 is 28.9 Å². The molecule has 2 aliphatic heterocycles. The highest BCUT2D eigenvalue weighted by molar-refractivity contribution is 6.24. The number of carbonyl (C=O) groups is 2. The molecule has 2 amide bonds. The van der Waals surface area contributed by atoms with Crippen molar-refractivity contribution in [3.05, 3.63) is 88.5 Å². The molecular weight excluding hydrogens is 490 g/mol. The number of non-ortho nitro benzene ring substituents is 1. The quantitative estimate of drug-likeness (QED) is 0.172. The van der Waals surface area contributed by atoms with Gasteiger partial charge in [-0.1, -0.05) is 37.6 Å². The normalized spacial score (nSPS) is 20.5. The van der Waals surface area contributed by atoms with E-state index in [1.54, 1.807) is 24.3 Å². The zero-order chi connectivity index (χ0) is 26.8. The Labute approximate surface area is 219 Å². The van der Waals surface area contributed by atoms with Crippen molar-refractivity contribution in [3.8, 4) is 11.5 Å². The Kier molecular flexibility index (Phi) is 6.97. The second-order valence-electron chi connectivity index (χ2n) is 9.06. The second-order valence-corrected chi connectivity index (χ2v) is 9.06. The van der Waals surface area contributed by atoms with Crippen LogP contribution in [0.1, 0.15) is 31.4 Å². The fourth-order valence-corrected chi connectivity index (χ4v) is 4.84. The fraction of sp³-hybridized carbons (Fsp3) is 0.286.